The van der Waals surface area contributed by atoms with Gasteiger partial charge in [-0.1, -0.05) is 39.5 Å². The summed E-state index contributed by atoms with van der Waals surface area (Å²) in [6.45, 7) is 5.81. The van der Waals surface area contributed by atoms with Gasteiger partial charge >= 0.3 is 0 Å². The van der Waals surface area contributed by atoms with Crippen LogP contribution in [0, 0.1) is 5.92 Å². The van der Waals surface area contributed by atoms with Crippen LogP contribution in [0.25, 0.3) is 0 Å². The lowest BCUT2D eigenvalue weighted by Gasteiger charge is -2.31. The number of anilines is 2. The van der Waals surface area contributed by atoms with Gasteiger partial charge in [0.05, 0.1) is 11.4 Å². The molecule has 6 nitrogen and oxygen atoms in total. The zero-order valence-corrected chi connectivity index (χ0v) is 18.1. The summed E-state index contributed by atoms with van der Waals surface area (Å²) < 4.78 is 0. The van der Waals surface area contributed by atoms with E-state index in [9.17, 15) is 9.59 Å². The molecule has 2 amide bonds. The normalized spacial score (nSPS) is 20.6. The molecule has 3 N–H and O–H groups in total. The third kappa shape index (κ3) is 5.50. The Labute approximate surface area is 174 Å². The molecule has 1 aliphatic carbocycles. The van der Waals surface area contributed by atoms with Crippen molar-refractivity contribution >= 4 is 23.2 Å². The maximum atomic E-state index is 12.5. The quantitative estimate of drug-likeness (QED) is 0.580. The molecule has 160 valence electrons. The average molecular weight is 401 g/mol. The van der Waals surface area contributed by atoms with Crippen molar-refractivity contribution in [2.45, 2.75) is 70.9 Å². The second-order valence-electron chi connectivity index (χ2n) is 8.64. The summed E-state index contributed by atoms with van der Waals surface area (Å²) in [7, 11) is 2.20. The Balaban J connectivity index is 1.48. The number of benzene rings is 1. The minimum Gasteiger partial charge on any atom is -0.372 e. The van der Waals surface area contributed by atoms with E-state index in [4.69, 9.17) is 0 Å². The molecule has 3 rings (SSSR count). The van der Waals surface area contributed by atoms with Crippen molar-refractivity contribution < 1.29 is 9.59 Å². The smallest absolute Gasteiger partial charge is 0.251 e. The fraction of sp³-hybridized carbons (Fsp3) is 0.652. The Morgan fingerprint density at radius 3 is 2.72 bits per heavy atom. The number of hydrogen-bond acceptors (Lipinski definition) is 4. The number of nitrogens with zero attached hydrogens (tertiary/aromatic N) is 1. The molecule has 0 radical (unpaired) electrons. The molecule has 1 heterocycles. The molecule has 0 bridgehead atoms. The van der Waals surface area contributed by atoms with Gasteiger partial charge in [0.1, 0.15) is 6.04 Å². The molecule has 1 aromatic carbocycles. The van der Waals surface area contributed by atoms with Crippen LogP contribution in [0.15, 0.2) is 18.2 Å². The summed E-state index contributed by atoms with van der Waals surface area (Å²) in [6.07, 6.45) is 8.53. The van der Waals surface area contributed by atoms with E-state index in [1.165, 1.54) is 32.1 Å². The van der Waals surface area contributed by atoms with Gasteiger partial charge in [-0.05, 0) is 57.0 Å². The highest BCUT2D eigenvalue weighted by Gasteiger charge is 2.29. The number of hydrogen-bond donors (Lipinski definition) is 3. The van der Waals surface area contributed by atoms with Crippen LogP contribution >= 0.6 is 0 Å². The fourth-order valence-corrected chi connectivity index (χ4v) is 4.33. The predicted octanol–water partition coefficient (Wildman–Crippen LogP) is 3.85. The monoisotopic (exact) mass is 400 g/mol. The predicted molar refractivity (Wildman–Crippen MR) is 118 cm³/mol. The molecule has 0 spiro atoms. The van der Waals surface area contributed by atoms with E-state index < -0.39 is 0 Å². The van der Waals surface area contributed by atoms with Crippen LogP contribution in [0.2, 0.25) is 0 Å². The van der Waals surface area contributed by atoms with Crippen molar-refractivity contribution in [3.63, 3.8) is 0 Å². The summed E-state index contributed by atoms with van der Waals surface area (Å²) in [5.41, 5.74) is 2.13. The minimum absolute atomic E-state index is 0.0323. The number of amides is 2. The van der Waals surface area contributed by atoms with Gasteiger partial charge in [0.2, 0.25) is 5.91 Å². The molecule has 1 fully saturated rings. The van der Waals surface area contributed by atoms with E-state index in [1.54, 1.807) is 6.07 Å². The van der Waals surface area contributed by atoms with Crippen molar-refractivity contribution in [1.29, 1.82) is 0 Å². The van der Waals surface area contributed by atoms with Crippen LogP contribution in [0.4, 0.5) is 11.4 Å². The van der Waals surface area contributed by atoms with Gasteiger partial charge in [0, 0.05) is 18.2 Å². The van der Waals surface area contributed by atoms with Crippen LogP contribution in [-0.2, 0) is 4.79 Å². The van der Waals surface area contributed by atoms with Crippen molar-refractivity contribution in [2.75, 3.05) is 30.8 Å². The largest absolute Gasteiger partial charge is 0.372 e. The zero-order valence-electron chi connectivity index (χ0n) is 18.1. The number of fused-ring (bicyclic) bond motifs is 1. The van der Waals surface area contributed by atoms with Gasteiger partial charge in [-0.25, -0.2) is 0 Å². The van der Waals surface area contributed by atoms with Crippen LogP contribution in [0.1, 0.15) is 69.2 Å². The van der Waals surface area contributed by atoms with Gasteiger partial charge in [-0.2, -0.15) is 0 Å². The highest BCUT2D eigenvalue weighted by molar-refractivity contribution is 6.05. The van der Waals surface area contributed by atoms with E-state index in [0.29, 0.717) is 23.8 Å². The molecule has 0 saturated heterocycles. The van der Waals surface area contributed by atoms with Crippen molar-refractivity contribution in [1.82, 2.24) is 10.2 Å². The Morgan fingerprint density at radius 1 is 1.24 bits per heavy atom. The molecule has 29 heavy (non-hydrogen) atoms. The number of nitrogens with one attached hydrogen (secondary N) is 3. The van der Waals surface area contributed by atoms with Crippen LogP contribution < -0.4 is 16.0 Å². The van der Waals surface area contributed by atoms with Crippen molar-refractivity contribution in [2.24, 2.45) is 5.92 Å². The van der Waals surface area contributed by atoms with Crippen LogP contribution in [0.3, 0.4) is 0 Å². The second-order valence-corrected chi connectivity index (χ2v) is 8.64. The van der Waals surface area contributed by atoms with Gasteiger partial charge < -0.3 is 20.9 Å². The summed E-state index contributed by atoms with van der Waals surface area (Å²) in [4.78, 5) is 27.3. The first kappa shape index (κ1) is 21.6. The Kier molecular flexibility index (Phi) is 7.53. The summed E-state index contributed by atoms with van der Waals surface area (Å²) >= 11 is 0. The van der Waals surface area contributed by atoms with Crippen LogP contribution in [-0.4, -0.2) is 48.9 Å². The number of rotatable bonds is 8. The minimum atomic E-state index is -0.228. The average Bonchev–Trinajstić information content (AvgIpc) is 2.75. The standard InChI is InChI=1S/C23H36N4O2/c1-4-16(2)21-23(29)26-20-15-17(11-12-19(20)25-21)22(28)24-13-8-14-27(3)18-9-6-5-7-10-18/h11-12,15-16,18,21,25H,4-10,13-14H2,1-3H3,(H,24,28)(H,26,29)/t16-,21-/m1/s1. The van der Waals surface area contributed by atoms with E-state index >= 15 is 0 Å². The summed E-state index contributed by atoms with van der Waals surface area (Å²) in [5.74, 6) is 0.124. The Hall–Kier alpha value is -2.08. The molecule has 0 aromatic heterocycles. The van der Waals surface area contributed by atoms with E-state index in [1.807, 2.05) is 12.1 Å². The maximum absolute atomic E-state index is 12.5. The molecule has 0 unspecified atom stereocenters. The van der Waals surface area contributed by atoms with Gasteiger partial charge in [-0.15, -0.1) is 0 Å². The third-order valence-corrected chi connectivity index (χ3v) is 6.52. The maximum Gasteiger partial charge on any atom is 0.251 e. The molecule has 1 aromatic rings. The fourth-order valence-electron chi connectivity index (χ4n) is 4.33. The first-order valence-corrected chi connectivity index (χ1v) is 11.2. The molecule has 1 aliphatic heterocycles. The second kappa shape index (κ2) is 10.1. The van der Waals surface area contributed by atoms with Crippen molar-refractivity contribution in [3.8, 4) is 0 Å². The topological polar surface area (TPSA) is 73.5 Å². The van der Waals surface area contributed by atoms with E-state index in [-0.39, 0.29) is 23.8 Å². The lowest BCUT2D eigenvalue weighted by molar-refractivity contribution is -0.118. The highest BCUT2D eigenvalue weighted by atomic mass is 16.2. The van der Waals surface area contributed by atoms with E-state index in [2.05, 4.69) is 41.7 Å². The zero-order chi connectivity index (χ0) is 20.8. The molecular formula is C23H36N4O2. The molecular weight excluding hydrogens is 364 g/mol. The first-order chi connectivity index (χ1) is 14.0. The van der Waals surface area contributed by atoms with Crippen molar-refractivity contribution in [3.05, 3.63) is 23.8 Å². The lowest BCUT2D eigenvalue weighted by Crippen LogP contribution is -2.43. The summed E-state index contributed by atoms with van der Waals surface area (Å²) in [5, 5.41) is 9.27. The van der Waals surface area contributed by atoms with Gasteiger partial charge in [0.25, 0.3) is 5.91 Å². The highest BCUT2D eigenvalue weighted by Crippen LogP contribution is 2.30. The van der Waals surface area contributed by atoms with Gasteiger partial charge in [0.15, 0.2) is 0 Å². The number of carbonyl (C=O) groups excluding carboxylic acids is 2. The third-order valence-electron chi connectivity index (χ3n) is 6.52. The SMILES string of the molecule is CC[C@@H](C)[C@H]1Nc2ccc(C(=O)NCCCN(C)C3CCCCC3)cc2NC1=O. The van der Waals surface area contributed by atoms with Gasteiger partial charge in [-0.3, -0.25) is 9.59 Å². The molecule has 6 heteroatoms. The summed E-state index contributed by atoms with van der Waals surface area (Å²) in [6, 6.07) is 5.94. The van der Waals surface area contributed by atoms with E-state index in [0.717, 1.165) is 25.1 Å². The Bertz CT molecular complexity index is 715. The molecule has 1 saturated carbocycles. The van der Waals surface area contributed by atoms with Crippen LogP contribution in [0.5, 0.6) is 0 Å². The molecule has 2 aliphatic rings. The number of carbonyl (C=O) groups is 2. The lowest BCUT2D eigenvalue weighted by atomic mass is 9.94. The first-order valence-electron chi connectivity index (χ1n) is 11.2. The Morgan fingerprint density at radius 2 is 2.00 bits per heavy atom. The molecule has 2 atom stereocenters.